The highest BCUT2D eigenvalue weighted by Crippen LogP contribution is 2.38. The Morgan fingerprint density at radius 3 is 2.35 bits per heavy atom. The van der Waals surface area contributed by atoms with Crippen LogP contribution in [0.1, 0.15) is 48.8 Å². The fraction of sp³-hybridized carbons (Fsp3) is 0.625. The van der Waals surface area contributed by atoms with Crippen LogP contribution in [0.25, 0.3) is 0 Å². The molecule has 1 aliphatic carbocycles. The molecule has 2 N–H and O–H groups in total. The molecule has 0 unspecified atom stereocenters. The second-order valence-corrected chi connectivity index (χ2v) is 5.86. The van der Waals surface area contributed by atoms with Gasteiger partial charge in [0, 0.05) is 0 Å². The van der Waals surface area contributed by atoms with Crippen molar-refractivity contribution in [2.24, 2.45) is 11.1 Å². The van der Waals surface area contributed by atoms with Gasteiger partial charge in [0.05, 0.1) is 0 Å². The first-order valence-corrected chi connectivity index (χ1v) is 6.91. The van der Waals surface area contributed by atoms with Crippen LogP contribution in [0.3, 0.4) is 0 Å². The zero-order chi connectivity index (χ0) is 12.3. The average molecular weight is 231 g/mol. The monoisotopic (exact) mass is 231 g/mol. The van der Waals surface area contributed by atoms with E-state index < -0.39 is 0 Å². The van der Waals surface area contributed by atoms with E-state index in [1.54, 1.807) is 0 Å². The Kier molecular flexibility index (Phi) is 3.88. The molecule has 1 saturated carbocycles. The lowest BCUT2D eigenvalue weighted by Crippen LogP contribution is -2.34. The predicted octanol–water partition coefficient (Wildman–Crippen LogP) is 3.76. The maximum atomic E-state index is 6.05. The Morgan fingerprint density at radius 2 is 1.76 bits per heavy atom. The van der Waals surface area contributed by atoms with E-state index in [1.165, 1.54) is 55.2 Å². The molecule has 1 nitrogen and oxygen atoms in total. The maximum absolute atomic E-state index is 6.05. The molecule has 0 radical (unpaired) electrons. The summed E-state index contributed by atoms with van der Waals surface area (Å²) in [5.74, 6) is 0. The van der Waals surface area contributed by atoms with Gasteiger partial charge in [-0.1, -0.05) is 37.5 Å². The summed E-state index contributed by atoms with van der Waals surface area (Å²) in [5, 5.41) is 0. The van der Waals surface area contributed by atoms with Crippen LogP contribution < -0.4 is 5.73 Å². The summed E-state index contributed by atoms with van der Waals surface area (Å²) in [6, 6.07) is 6.88. The van der Waals surface area contributed by atoms with Crippen molar-refractivity contribution < 1.29 is 0 Å². The van der Waals surface area contributed by atoms with E-state index in [1.807, 2.05) is 0 Å². The van der Waals surface area contributed by atoms with E-state index in [4.69, 9.17) is 5.73 Å². The SMILES string of the molecule is Cc1ccc(CC2(CN)CCCCC2)cc1C. The summed E-state index contributed by atoms with van der Waals surface area (Å²) in [7, 11) is 0. The summed E-state index contributed by atoms with van der Waals surface area (Å²) < 4.78 is 0. The zero-order valence-electron chi connectivity index (χ0n) is 11.3. The Balaban J connectivity index is 2.14. The van der Waals surface area contributed by atoms with Crippen molar-refractivity contribution in [3.05, 3.63) is 34.9 Å². The van der Waals surface area contributed by atoms with Gasteiger partial charge in [-0.05, 0) is 61.8 Å². The molecule has 0 bridgehead atoms. The third-order valence-electron chi connectivity index (χ3n) is 4.50. The van der Waals surface area contributed by atoms with E-state index in [-0.39, 0.29) is 0 Å². The number of hydrogen-bond acceptors (Lipinski definition) is 1. The molecule has 94 valence electrons. The third kappa shape index (κ3) is 2.90. The standard InChI is InChI=1S/C16H25N/c1-13-6-7-15(10-14(13)2)11-16(12-17)8-4-3-5-9-16/h6-7,10H,3-5,8-9,11-12,17H2,1-2H3. The van der Waals surface area contributed by atoms with Gasteiger partial charge < -0.3 is 5.73 Å². The van der Waals surface area contributed by atoms with Crippen molar-refractivity contribution in [1.82, 2.24) is 0 Å². The van der Waals surface area contributed by atoms with E-state index in [2.05, 4.69) is 32.0 Å². The first kappa shape index (κ1) is 12.6. The molecule has 1 heteroatoms. The van der Waals surface area contributed by atoms with Gasteiger partial charge >= 0.3 is 0 Å². The van der Waals surface area contributed by atoms with E-state index in [9.17, 15) is 0 Å². The normalized spacial score (nSPS) is 19.2. The van der Waals surface area contributed by atoms with Crippen LogP contribution in [0.15, 0.2) is 18.2 Å². The van der Waals surface area contributed by atoms with E-state index >= 15 is 0 Å². The fourth-order valence-corrected chi connectivity index (χ4v) is 3.10. The third-order valence-corrected chi connectivity index (χ3v) is 4.50. The Bertz CT molecular complexity index is 375. The molecular formula is C16H25N. The van der Waals surface area contributed by atoms with Gasteiger partial charge in [-0.15, -0.1) is 0 Å². The topological polar surface area (TPSA) is 26.0 Å². The lowest BCUT2D eigenvalue weighted by atomic mass is 9.70. The van der Waals surface area contributed by atoms with Crippen LogP contribution in [0.4, 0.5) is 0 Å². The minimum absolute atomic E-state index is 0.389. The average Bonchev–Trinajstić information content (AvgIpc) is 2.35. The second kappa shape index (κ2) is 5.22. The molecule has 17 heavy (non-hydrogen) atoms. The summed E-state index contributed by atoms with van der Waals surface area (Å²) >= 11 is 0. The van der Waals surface area contributed by atoms with Crippen molar-refractivity contribution in [2.75, 3.05) is 6.54 Å². The lowest BCUT2D eigenvalue weighted by molar-refractivity contribution is 0.197. The van der Waals surface area contributed by atoms with E-state index in [0.717, 1.165) is 6.54 Å². The van der Waals surface area contributed by atoms with Crippen LogP contribution in [0, 0.1) is 19.3 Å². The van der Waals surface area contributed by atoms with Crippen molar-refractivity contribution in [1.29, 1.82) is 0 Å². The highest BCUT2D eigenvalue weighted by Gasteiger charge is 2.30. The second-order valence-electron chi connectivity index (χ2n) is 5.86. The van der Waals surface area contributed by atoms with Crippen LogP contribution in [0.5, 0.6) is 0 Å². The minimum Gasteiger partial charge on any atom is -0.330 e. The molecule has 0 aliphatic heterocycles. The highest BCUT2D eigenvalue weighted by atomic mass is 14.6. The van der Waals surface area contributed by atoms with Crippen molar-refractivity contribution >= 4 is 0 Å². The van der Waals surface area contributed by atoms with Gasteiger partial charge in [-0.3, -0.25) is 0 Å². The molecule has 1 fully saturated rings. The summed E-state index contributed by atoms with van der Waals surface area (Å²) in [6.45, 7) is 5.23. The van der Waals surface area contributed by atoms with Crippen LogP contribution >= 0.6 is 0 Å². The highest BCUT2D eigenvalue weighted by molar-refractivity contribution is 5.30. The summed E-state index contributed by atoms with van der Waals surface area (Å²) in [4.78, 5) is 0. The van der Waals surface area contributed by atoms with Gasteiger partial charge in [0.15, 0.2) is 0 Å². The molecule has 0 heterocycles. The molecule has 1 aromatic rings. The molecule has 0 spiro atoms. The van der Waals surface area contributed by atoms with Gasteiger partial charge in [0.25, 0.3) is 0 Å². The van der Waals surface area contributed by atoms with Gasteiger partial charge in [-0.2, -0.15) is 0 Å². The van der Waals surface area contributed by atoms with Crippen molar-refractivity contribution in [2.45, 2.75) is 52.4 Å². The van der Waals surface area contributed by atoms with Crippen LogP contribution in [0.2, 0.25) is 0 Å². The number of rotatable bonds is 3. The number of hydrogen-bond donors (Lipinski definition) is 1. The first-order valence-electron chi connectivity index (χ1n) is 6.91. The van der Waals surface area contributed by atoms with E-state index in [0.29, 0.717) is 5.41 Å². The quantitative estimate of drug-likeness (QED) is 0.842. The fourth-order valence-electron chi connectivity index (χ4n) is 3.10. The van der Waals surface area contributed by atoms with Gasteiger partial charge in [0.1, 0.15) is 0 Å². The number of aryl methyl sites for hydroxylation is 2. The Morgan fingerprint density at radius 1 is 1.06 bits per heavy atom. The molecular weight excluding hydrogens is 206 g/mol. The molecule has 0 saturated heterocycles. The molecule has 0 atom stereocenters. The Labute approximate surface area is 105 Å². The van der Waals surface area contributed by atoms with Crippen LogP contribution in [-0.4, -0.2) is 6.54 Å². The van der Waals surface area contributed by atoms with Crippen molar-refractivity contribution in [3.63, 3.8) is 0 Å². The predicted molar refractivity (Wildman–Crippen MR) is 74.2 cm³/mol. The smallest absolute Gasteiger partial charge is 0.00173 e. The van der Waals surface area contributed by atoms with Gasteiger partial charge in [0.2, 0.25) is 0 Å². The molecule has 2 rings (SSSR count). The first-order chi connectivity index (χ1) is 8.15. The molecule has 1 aliphatic rings. The van der Waals surface area contributed by atoms with Crippen molar-refractivity contribution in [3.8, 4) is 0 Å². The van der Waals surface area contributed by atoms with Gasteiger partial charge in [-0.25, -0.2) is 0 Å². The Hall–Kier alpha value is -0.820. The number of benzene rings is 1. The largest absolute Gasteiger partial charge is 0.330 e. The molecule has 0 aromatic heterocycles. The minimum atomic E-state index is 0.389. The summed E-state index contributed by atoms with van der Waals surface area (Å²) in [5.41, 5.74) is 10.7. The molecule has 1 aromatic carbocycles. The molecule has 0 amide bonds. The maximum Gasteiger partial charge on any atom is -0.00173 e. The lowest BCUT2D eigenvalue weighted by Gasteiger charge is -2.36. The zero-order valence-corrected chi connectivity index (χ0v) is 11.3. The number of nitrogens with two attached hydrogens (primary N) is 1. The summed E-state index contributed by atoms with van der Waals surface area (Å²) in [6.07, 6.45) is 7.93. The van der Waals surface area contributed by atoms with Crippen LogP contribution in [-0.2, 0) is 6.42 Å².